The molecule has 3 atom stereocenters. The van der Waals surface area contributed by atoms with E-state index in [0.717, 1.165) is 26.1 Å². The van der Waals surface area contributed by atoms with E-state index in [2.05, 4.69) is 40.6 Å². The first-order valence-electron chi connectivity index (χ1n) is 11.9. The third-order valence-electron chi connectivity index (χ3n) is 6.40. The predicted octanol–water partition coefficient (Wildman–Crippen LogP) is 3.84. The summed E-state index contributed by atoms with van der Waals surface area (Å²) in [5, 5.41) is 11.5. The summed E-state index contributed by atoms with van der Waals surface area (Å²) in [7, 11) is 0. The summed E-state index contributed by atoms with van der Waals surface area (Å²) >= 11 is 1.69. The molecule has 0 saturated carbocycles. The average molecular weight is 471 g/mol. The molecular weight excluding hydrogens is 436 g/mol. The number of piperazine rings is 1. The number of hydrogen-bond acceptors (Lipinski definition) is 6. The second-order valence-electron chi connectivity index (χ2n) is 8.60. The predicted molar refractivity (Wildman–Crippen MR) is 130 cm³/mol. The molecule has 2 aliphatic rings. The molecule has 0 radical (unpaired) electrons. The summed E-state index contributed by atoms with van der Waals surface area (Å²) in [5.41, 5.74) is 1.29. The highest BCUT2D eigenvalue weighted by atomic mass is 32.1. The SMILES string of the molecule is CCO[C@H]1OC(C(=O)N2CCN(Cc3ccccc3)CC2)=C[C@@H](c2cccs2)[C@@H]1CCCO. The Hall–Kier alpha value is -2.19. The number of rotatable bonds is 9. The van der Waals surface area contributed by atoms with E-state index in [0.29, 0.717) is 31.9 Å². The lowest BCUT2D eigenvalue weighted by Crippen LogP contribution is -2.49. The van der Waals surface area contributed by atoms with Crippen molar-refractivity contribution in [1.82, 2.24) is 9.80 Å². The molecule has 0 spiro atoms. The van der Waals surface area contributed by atoms with Gasteiger partial charge in [-0.15, -0.1) is 11.3 Å². The minimum Gasteiger partial charge on any atom is -0.459 e. The van der Waals surface area contributed by atoms with Crippen molar-refractivity contribution in [2.45, 2.75) is 38.5 Å². The lowest BCUT2D eigenvalue weighted by molar-refractivity contribution is -0.170. The van der Waals surface area contributed by atoms with Crippen molar-refractivity contribution >= 4 is 17.2 Å². The number of nitrogens with zero attached hydrogens (tertiary/aromatic N) is 2. The van der Waals surface area contributed by atoms with Gasteiger partial charge < -0.3 is 19.5 Å². The Morgan fingerprint density at radius 2 is 1.94 bits per heavy atom. The highest BCUT2D eigenvalue weighted by Crippen LogP contribution is 2.41. The summed E-state index contributed by atoms with van der Waals surface area (Å²) in [4.78, 5) is 18.9. The van der Waals surface area contributed by atoms with E-state index in [4.69, 9.17) is 9.47 Å². The zero-order valence-electron chi connectivity index (χ0n) is 19.3. The van der Waals surface area contributed by atoms with Gasteiger partial charge in [0, 0.05) is 62.7 Å². The Bertz CT molecular complexity index is 894. The van der Waals surface area contributed by atoms with Crippen molar-refractivity contribution in [2.75, 3.05) is 39.4 Å². The number of aliphatic hydroxyl groups is 1. The quantitative estimate of drug-likeness (QED) is 0.603. The van der Waals surface area contributed by atoms with Gasteiger partial charge in [-0.2, -0.15) is 0 Å². The topological polar surface area (TPSA) is 62.2 Å². The fourth-order valence-electron chi connectivity index (χ4n) is 4.67. The van der Waals surface area contributed by atoms with Crippen LogP contribution in [0.5, 0.6) is 0 Å². The molecule has 1 amide bonds. The van der Waals surface area contributed by atoms with Gasteiger partial charge in [-0.25, -0.2) is 0 Å². The average Bonchev–Trinajstić information content (AvgIpc) is 3.39. The van der Waals surface area contributed by atoms with Gasteiger partial charge in [-0.05, 0) is 42.9 Å². The molecule has 2 aromatic rings. The molecule has 1 fully saturated rings. The Morgan fingerprint density at radius 1 is 1.15 bits per heavy atom. The number of aliphatic hydroxyl groups excluding tert-OH is 1. The monoisotopic (exact) mass is 470 g/mol. The van der Waals surface area contributed by atoms with Crippen LogP contribution in [0.25, 0.3) is 0 Å². The number of ether oxygens (including phenoxy) is 2. The molecule has 3 heterocycles. The maximum Gasteiger partial charge on any atom is 0.288 e. The van der Waals surface area contributed by atoms with Crippen LogP contribution in [0.2, 0.25) is 0 Å². The number of carbonyl (C=O) groups excluding carboxylic acids is 1. The van der Waals surface area contributed by atoms with Crippen LogP contribution in [0.1, 0.15) is 36.1 Å². The number of carbonyl (C=O) groups is 1. The van der Waals surface area contributed by atoms with Crippen molar-refractivity contribution < 1.29 is 19.4 Å². The molecule has 7 heteroatoms. The Balaban J connectivity index is 1.45. The minimum absolute atomic E-state index is 0.0418. The molecule has 6 nitrogen and oxygen atoms in total. The van der Waals surface area contributed by atoms with Crippen LogP contribution in [0.4, 0.5) is 0 Å². The van der Waals surface area contributed by atoms with Gasteiger partial charge in [0.1, 0.15) is 0 Å². The summed E-state index contributed by atoms with van der Waals surface area (Å²) in [5.74, 6) is 0.444. The van der Waals surface area contributed by atoms with Gasteiger partial charge in [0.2, 0.25) is 6.29 Å². The van der Waals surface area contributed by atoms with Crippen LogP contribution in [0.3, 0.4) is 0 Å². The normalized spacial score (nSPS) is 23.8. The van der Waals surface area contributed by atoms with E-state index < -0.39 is 6.29 Å². The summed E-state index contributed by atoms with van der Waals surface area (Å²) < 4.78 is 12.1. The molecule has 1 aromatic heterocycles. The molecule has 0 unspecified atom stereocenters. The van der Waals surface area contributed by atoms with Gasteiger partial charge in [-0.3, -0.25) is 9.69 Å². The second-order valence-corrected chi connectivity index (χ2v) is 9.58. The first-order valence-corrected chi connectivity index (χ1v) is 12.8. The van der Waals surface area contributed by atoms with E-state index >= 15 is 0 Å². The molecule has 1 N–H and O–H groups in total. The number of amides is 1. The van der Waals surface area contributed by atoms with Gasteiger partial charge >= 0.3 is 0 Å². The van der Waals surface area contributed by atoms with Crippen molar-refractivity contribution in [3.8, 4) is 0 Å². The first kappa shape index (κ1) is 24.0. The smallest absolute Gasteiger partial charge is 0.288 e. The van der Waals surface area contributed by atoms with E-state index in [9.17, 15) is 9.90 Å². The van der Waals surface area contributed by atoms with Crippen LogP contribution >= 0.6 is 11.3 Å². The Kier molecular flexibility index (Phi) is 8.56. The van der Waals surface area contributed by atoms with Crippen molar-refractivity contribution in [3.05, 3.63) is 70.1 Å². The number of thiophene rings is 1. The van der Waals surface area contributed by atoms with Crippen LogP contribution < -0.4 is 0 Å². The number of hydrogen-bond donors (Lipinski definition) is 1. The van der Waals surface area contributed by atoms with Gasteiger partial charge in [0.05, 0.1) is 0 Å². The Labute approximate surface area is 200 Å². The number of allylic oxidation sites excluding steroid dienone is 1. The zero-order chi connectivity index (χ0) is 23.0. The third-order valence-corrected chi connectivity index (χ3v) is 7.38. The van der Waals surface area contributed by atoms with E-state index in [1.165, 1.54) is 10.4 Å². The van der Waals surface area contributed by atoms with Crippen LogP contribution in [-0.2, 0) is 20.8 Å². The summed E-state index contributed by atoms with van der Waals surface area (Å²) in [6.07, 6.45) is 2.96. The fourth-order valence-corrected chi connectivity index (χ4v) is 5.55. The maximum atomic E-state index is 13.4. The highest BCUT2D eigenvalue weighted by molar-refractivity contribution is 7.10. The summed E-state index contributed by atoms with van der Waals surface area (Å²) in [6, 6.07) is 14.6. The van der Waals surface area contributed by atoms with Crippen molar-refractivity contribution in [3.63, 3.8) is 0 Å². The molecule has 33 heavy (non-hydrogen) atoms. The second kappa shape index (κ2) is 11.8. The fraction of sp³-hybridized carbons (Fsp3) is 0.500. The lowest BCUT2D eigenvalue weighted by Gasteiger charge is -2.39. The molecule has 2 aliphatic heterocycles. The molecule has 1 saturated heterocycles. The van der Waals surface area contributed by atoms with E-state index in [1.807, 2.05) is 30.0 Å². The maximum absolute atomic E-state index is 13.4. The zero-order valence-corrected chi connectivity index (χ0v) is 20.1. The molecule has 1 aromatic carbocycles. The van der Waals surface area contributed by atoms with E-state index in [1.54, 1.807) is 11.3 Å². The molecule has 0 aliphatic carbocycles. The van der Waals surface area contributed by atoms with Gasteiger partial charge in [0.25, 0.3) is 5.91 Å². The highest BCUT2D eigenvalue weighted by Gasteiger charge is 2.39. The van der Waals surface area contributed by atoms with E-state index in [-0.39, 0.29) is 24.3 Å². The first-order chi connectivity index (χ1) is 16.2. The third kappa shape index (κ3) is 6.03. The molecular formula is C26H34N2O4S. The Morgan fingerprint density at radius 3 is 2.61 bits per heavy atom. The molecule has 4 rings (SSSR count). The van der Waals surface area contributed by atoms with Crippen LogP contribution in [0.15, 0.2) is 59.7 Å². The van der Waals surface area contributed by atoms with Gasteiger partial charge in [-0.1, -0.05) is 36.4 Å². The van der Waals surface area contributed by atoms with Crippen LogP contribution in [-0.4, -0.2) is 66.5 Å². The lowest BCUT2D eigenvalue weighted by atomic mass is 9.84. The number of benzene rings is 1. The van der Waals surface area contributed by atoms with Crippen molar-refractivity contribution in [2.24, 2.45) is 5.92 Å². The largest absolute Gasteiger partial charge is 0.459 e. The summed E-state index contributed by atoms with van der Waals surface area (Å²) in [6.45, 7) is 6.55. The van der Waals surface area contributed by atoms with Crippen molar-refractivity contribution in [1.29, 1.82) is 0 Å². The minimum atomic E-state index is -0.489. The van der Waals surface area contributed by atoms with Crippen LogP contribution in [0, 0.1) is 5.92 Å². The standard InChI is InChI=1S/C26H34N2O4S/c1-2-31-26-21(10-6-16-29)22(24-11-7-17-33-24)18-23(32-26)25(30)28-14-12-27(13-15-28)19-20-8-4-3-5-9-20/h3-5,7-9,11,17-18,21-22,26,29H,2,6,10,12-16,19H2,1H3/t21-,22+,26-/m0/s1. The molecule has 0 bridgehead atoms. The van der Waals surface area contributed by atoms with Gasteiger partial charge in [0.15, 0.2) is 5.76 Å². The molecule has 178 valence electrons.